The summed E-state index contributed by atoms with van der Waals surface area (Å²) in [6, 6.07) is 12.9. The summed E-state index contributed by atoms with van der Waals surface area (Å²) >= 11 is 0. The van der Waals surface area contributed by atoms with E-state index in [9.17, 15) is 23.3 Å². The SMILES string of the molecule is Cc1ccc(NC(=O)c2ccc(NS(=O)(=O)c3ccc(C)c([N+](=O)[O-])c3)cc2)nc1. The van der Waals surface area contributed by atoms with Crippen molar-refractivity contribution in [2.45, 2.75) is 18.7 Å². The van der Waals surface area contributed by atoms with E-state index in [1.54, 1.807) is 12.3 Å². The van der Waals surface area contributed by atoms with E-state index >= 15 is 0 Å². The van der Waals surface area contributed by atoms with Crippen molar-refractivity contribution in [2.75, 3.05) is 10.0 Å². The van der Waals surface area contributed by atoms with Gasteiger partial charge in [-0.25, -0.2) is 13.4 Å². The molecule has 10 heteroatoms. The highest BCUT2D eigenvalue weighted by Gasteiger charge is 2.20. The second-order valence-corrected chi connectivity index (χ2v) is 8.25. The molecule has 0 aliphatic carbocycles. The Morgan fingerprint density at radius 1 is 1.03 bits per heavy atom. The van der Waals surface area contributed by atoms with Crippen LogP contribution in [0.3, 0.4) is 0 Å². The number of nitro groups is 1. The van der Waals surface area contributed by atoms with Gasteiger partial charge < -0.3 is 5.32 Å². The van der Waals surface area contributed by atoms with E-state index in [-0.39, 0.29) is 16.3 Å². The number of nitrogens with one attached hydrogen (secondary N) is 2. The third kappa shape index (κ3) is 4.78. The zero-order chi connectivity index (χ0) is 21.9. The Morgan fingerprint density at radius 3 is 2.33 bits per heavy atom. The molecule has 0 spiro atoms. The average Bonchev–Trinajstić information content (AvgIpc) is 2.70. The molecule has 3 rings (SSSR count). The van der Waals surface area contributed by atoms with E-state index in [4.69, 9.17) is 0 Å². The van der Waals surface area contributed by atoms with Crippen LogP contribution >= 0.6 is 0 Å². The molecule has 0 fully saturated rings. The van der Waals surface area contributed by atoms with Crippen LogP contribution in [0.25, 0.3) is 0 Å². The second kappa shape index (κ2) is 8.29. The van der Waals surface area contributed by atoms with Crippen LogP contribution < -0.4 is 10.0 Å². The van der Waals surface area contributed by atoms with Crippen LogP contribution in [0.15, 0.2) is 65.7 Å². The van der Waals surface area contributed by atoms with Gasteiger partial charge in [-0.1, -0.05) is 12.1 Å². The van der Waals surface area contributed by atoms with Crippen LogP contribution in [-0.2, 0) is 10.0 Å². The average molecular weight is 426 g/mol. The number of benzene rings is 2. The number of anilines is 2. The first-order valence-corrected chi connectivity index (χ1v) is 10.3. The van der Waals surface area contributed by atoms with Gasteiger partial charge in [-0.3, -0.25) is 19.6 Å². The van der Waals surface area contributed by atoms with Crippen LogP contribution in [0, 0.1) is 24.0 Å². The maximum Gasteiger partial charge on any atom is 0.273 e. The minimum absolute atomic E-state index is 0.211. The largest absolute Gasteiger partial charge is 0.307 e. The van der Waals surface area contributed by atoms with Gasteiger partial charge in [0.25, 0.3) is 21.6 Å². The molecule has 0 bridgehead atoms. The summed E-state index contributed by atoms with van der Waals surface area (Å²) in [5, 5.41) is 13.7. The number of nitro benzene ring substituents is 1. The van der Waals surface area contributed by atoms with Crippen molar-refractivity contribution in [2.24, 2.45) is 0 Å². The lowest BCUT2D eigenvalue weighted by Gasteiger charge is -2.10. The molecule has 0 atom stereocenters. The number of rotatable bonds is 6. The minimum Gasteiger partial charge on any atom is -0.307 e. The Balaban J connectivity index is 1.74. The number of carbonyl (C=O) groups excluding carboxylic acids is 1. The Kier molecular flexibility index (Phi) is 5.79. The molecule has 1 amide bonds. The first kappa shape index (κ1) is 20.9. The number of carbonyl (C=O) groups is 1. The number of pyridine rings is 1. The van der Waals surface area contributed by atoms with Crippen molar-refractivity contribution in [3.63, 3.8) is 0 Å². The monoisotopic (exact) mass is 426 g/mol. The lowest BCUT2D eigenvalue weighted by atomic mass is 10.2. The predicted molar refractivity (Wildman–Crippen MR) is 112 cm³/mol. The molecular weight excluding hydrogens is 408 g/mol. The summed E-state index contributed by atoms with van der Waals surface area (Å²) in [7, 11) is -4.04. The van der Waals surface area contributed by atoms with Gasteiger partial charge in [0, 0.05) is 29.1 Å². The van der Waals surface area contributed by atoms with Gasteiger partial charge in [0.15, 0.2) is 0 Å². The first-order chi connectivity index (χ1) is 14.2. The van der Waals surface area contributed by atoms with Gasteiger partial charge in [0.2, 0.25) is 0 Å². The molecule has 0 unspecified atom stereocenters. The van der Waals surface area contributed by atoms with E-state index in [1.165, 1.54) is 43.3 Å². The molecule has 0 saturated carbocycles. The number of aromatic nitrogens is 1. The number of hydrogen-bond donors (Lipinski definition) is 2. The topological polar surface area (TPSA) is 131 Å². The van der Waals surface area contributed by atoms with E-state index < -0.39 is 20.9 Å². The molecule has 1 heterocycles. The molecule has 0 saturated heterocycles. The molecule has 2 aromatic carbocycles. The van der Waals surface area contributed by atoms with Crippen LogP contribution in [0.5, 0.6) is 0 Å². The maximum atomic E-state index is 12.6. The Bertz CT molecular complexity index is 1210. The molecular formula is C20H18N4O5S. The molecule has 3 aromatic rings. The van der Waals surface area contributed by atoms with E-state index in [0.717, 1.165) is 11.6 Å². The maximum absolute atomic E-state index is 12.6. The molecule has 30 heavy (non-hydrogen) atoms. The van der Waals surface area contributed by atoms with Gasteiger partial charge in [0.05, 0.1) is 9.82 Å². The van der Waals surface area contributed by atoms with Crippen molar-refractivity contribution in [1.29, 1.82) is 0 Å². The zero-order valence-electron chi connectivity index (χ0n) is 16.1. The fourth-order valence-electron chi connectivity index (χ4n) is 2.59. The fourth-order valence-corrected chi connectivity index (χ4v) is 3.67. The quantitative estimate of drug-likeness (QED) is 0.457. The summed E-state index contributed by atoms with van der Waals surface area (Å²) in [5.41, 5.74) is 1.56. The summed E-state index contributed by atoms with van der Waals surface area (Å²) in [5.74, 6) is 0.00580. The number of aryl methyl sites for hydroxylation is 2. The normalized spacial score (nSPS) is 11.0. The van der Waals surface area contributed by atoms with Crippen LogP contribution in [0.2, 0.25) is 0 Å². The highest BCUT2D eigenvalue weighted by Crippen LogP contribution is 2.24. The first-order valence-electron chi connectivity index (χ1n) is 8.78. The Labute approximate surface area is 173 Å². The zero-order valence-corrected chi connectivity index (χ0v) is 16.9. The number of sulfonamides is 1. The minimum atomic E-state index is -4.04. The van der Waals surface area contributed by atoms with Gasteiger partial charge in [0.1, 0.15) is 5.82 Å². The molecule has 9 nitrogen and oxygen atoms in total. The molecule has 0 aliphatic heterocycles. The third-order valence-corrected chi connectivity index (χ3v) is 5.62. The highest BCUT2D eigenvalue weighted by atomic mass is 32.2. The van der Waals surface area contributed by atoms with Crippen LogP contribution in [-0.4, -0.2) is 24.2 Å². The molecule has 154 valence electrons. The molecule has 0 radical (unpaired) electrons. The second-order valence-electron chi connectivity index (χ2n) is 6.56. The van der Waals surface area contributed by atoms with Gasteiger partial charge in [-0.05, 0) is 55.8 Å². The van der Waals surface area contributed by atoms with E-state index in [2.05, 4.69) is 15.0 Å². The molecule has 1 aromatic heterocycles. The van der Waals surface area contributed by atoms with Crippen molar-refractivity contribution in [3.8, 4) is 0 Å². The van der Waals surface area contributed by atoms with E-state index in [1.807, 2.05) is 13.0 Å². The van der Waals surface area contributed by atoms with Crippen molar-refractivity contribution in [1.82, 2.24) is 4.98 Å². The number of amides is 1. The van der Waals surface area contributed by atoms with Gasteiger partial charge in [-0.15, -0.1) is 0 Å². The number of hydrogen-bond acceptors (Lipinski definition) is 6. The summed E-state index contributed by atoms with van der Waals surface area (Å²) in [4.78, 5) is 26.6. The van der Waals surface area contributed by atoms with Crippen LogP contribution in [0.1, 0.15) is 21.5 Å². The molecule has 0 aliphatic rings. The van der Waals surface area contributed by atoms with Crippen molar-refractivity contribution >= 4 is 33.1 Å². The summed E-state index contributed by atoms with van der Waals surface area (Å²) in [6.45, 7) is 3.41. The lowest BCUT2D eigenvalue weighted by Crippen LogP contribution is -2.15. The van der Waals surface area contributed by atoms with Crippen molar-refractivity contribution < 1.29 is 18.1 Å². The van der Waals surface area contributed by atoms with E-state index in [0.29, 0.717) is 16.9 Å². The Morgan fingerprint density at radius 2 is 1.73 bits per heavy atom. The van der Waals surface area contributed by atoms with Gasteiger partial charge >= 0.3 is 0 Å². The summed E-state index contributed by atoms with van der Waals surface area (Å²) < 4.78 is 27.5. The Hall–Kier alpha value is -3.79. The number of nitrogens with zero attached hydrogens (tertiary/aromatic N) is 2. The predicted octanol–water partition coefficient (Wildman–Crippen LogP) is 3.66. The summed E-state index contributed by atoms with van der Waals surface area (Å²) in [6.07, 6.45) is 1.63. The smallest absolute Gasteiger partial charge is 0.273 e. The third-order valence-electron chi connectivity index (χ3n) is 4.24. The molecule has 2 N–H and O–H groups in total. The fraction of sp³-hybridized carbons (Fsp3) is 0.100. The lowest BCUT2D eigenvalue weighted by molar-refractivity contribution is -0.385. The van der Waals surface area contributed by atoms with Gasteiger partial charge in [-0.2, -0.15) is 0 Å². The van der Waals surface area contributed by atoms with Crippen molar-refractivity contribution in [3.05, 3.63) is 87.6 Å². The van der Waals surface area contributed by atoms with Crippen LogP contribution in [0.4, 0.5) is 17.2 Å². The standard InChI is InChI=1S/C20H18N4O5S/c1-13-3-10-19(21-12-13)22-20(25)15-5-7-16(8-6-15)23-30(28,29)17-9-4-14(2)18(11-17)24(26)27/h3-12,23H,1-2H3,(H,21,22,25). The highest BCUT2D eigenvalue weighted by molar-refractivity contribution is 7.92.